The molecule has 0 saturated heterocycles. The van der Waals surface area contributed by atoms with Crippen LogP contribution in [0.5, 0.6) is 0 Å². The normalized spacial score (nSPS) is 11.5. The molecule has 0 radical (unpaired) electrons. The summed E-state index contributed by atoms with van der Waals surface area (Å²) in [5.74, 6) is -0.233. The number of hydrogen-bond donors (Lipinski definition) is 0. The summed E-state index contributed by atoms with van der Waals surface area (Å²) in [6.07, 6.45) is 0. The van der Waals surface area contributed by atoms with Crippen LogP contribution in [0.15, 0.2) is 212 Å². The Kier molecular flexibility index (Phi) is 8.23. The van der Waals surface area contributed by atoms with Gasteiger partial charge < -0.3 is 9.47 Å². The van der Waals surface area contributed by atoms with E-state index in [0.717, 1.165) is 44.6 Å². The summed E-state index contributed by atoms with van der Waals surface area (Å²) in [5.41, 5.74) is 13.5. The van der Waals surface area contributed by atoms with Crippen LogP contribution in [0.3, 0.4) is 0 Å². The molecule has 2 heterocycles. The van der Waals surface area contributed by atoms with Crippen LogP contribution >= 0.6 is 11.3 Å². The molecule has 0 aliphatic carbocycles. The fraction of sp³-hybridized carbons (Fsp3) is 0. The van der Waals surface area contributed by atoms with Crippen molar-refractivity contribution in [3.63, 3.8) is 0 Å². The van der Waals surface area contributed by atoms with Gasteiger partial charge in [-0.15, -0.1) is 11.3 Å². The minimum Gasteiger partial charge on any atom is -0.311 e. The van der Waals surface area contributed by atoms with Crippen LogP contribution in [0, 0.1) is 5.82 Å². The fourth-order valence-electron chi connectivity index (χ4n) is 8.54. The van der Waals surface area contributed by atoms with Crippen molar-refractivity contribution in [2.24, 2.45) is 0 Å². The van der Waals surface area contributed by atoms with E-state index in [1.807, 2.05) is 35.6 Å². The lowest BCUT2D eigenvalue weighted by atomic mass is 10.00. The first-order valence-electron chi connectivity index (χ1n) is 19.5. The van der Waals surface area contributed by atoms with Crippen LogP contribution in [0.1, 0.15) is 0 Å². The number of hydrogen-bond acceptors (Lipinski definition) is 2. The van der Waals surface area contributed by atoms with E-state index >= 15 is 0 Å². The van der Waals surface area contributed by atoms with Crippen molar-refractivity contribution >= 4 is 70.4 Å². The highest BCUT2D eigenvalue weighted by Gasteiger charge is 2.18. The number of thiophene rings is 1. The minimum atomic E-state index is -0.233. The second-order valence-electron chi connectivity index (χ2n) is 14.7. The van der Waals surface area contributed by atoms with E-state index in [1.54, 1.807) is 12.1 Å². The molecule has 11 rings (SSSR count). The number of halogens is 1. The van der Waals surface area contributed by atoms with Crippen molar-refractivity contribution in [3.05, 3.63) is 218 Å². The zero-order valence-corrected chi connectivity index (χ0v) is 32.2. The second kappa shape index (κ2) is 14.0. The fourth-order valence-corrected chi connectivity index (χ4v) is 9.91. The van der Waals surface area contributed by atoms with Gasteiger partial charge in [-0.25, -0.2) is 4.39 Å². The predicted molar refractivity (Wildman–Crippen MR) is 245 cm³/mol. The van der Waals surface area contributed by atoms with Gasteiger partial charge in [0.2, 0.25) is 0 Å². The van der Waals surface area contributed by atoms with Gasteiger partial charge in [0.25, 0.3) is 0 Å². The summed E-state index contributed by atoms with van der Waals surface area (Å²) >= 11 is 1.88. The second-order valence-corrected chi connectivity index (χ2v) is 15.7. The number of nitrogens with zero attached hydrogens (tertiary/aromatic N) is 2. The average Bonchev–Trinajstić information content (AvgIpc) is 3.84. The molecule has 0 fully saturated rings. The largest absolute Gasteiger partial charge is 0.311 e. The SMILES string of the molecule is Fc1ccc2c(c1)c1ccccc1n2-c1ccc(N(c2ccc(-c3ccccc3)cc2)c2ccc(-c3cccc4c3sc3c(-c5ccccc5)cccc34)cc2)cc1. The molecule has 58 heavy (non-hydrogen) atoms. The van der Waals surface area contributed by atoms with Gasteiger partial charge in [0.1, 0.15) is 5.82 Å². The zero-order chi connectivity index (χ0) is 38.6. The number of benzene rings is 9. The standard InChI is InChI=1S/C54H35FN2S/c55-40-25-34-52-50(35-40)47-15-7-8-20-51(47)57(52)44-32-30-43(31-33-44)56(41-26-21-37(22-27-41)36-11-3-1-4-12-36)42-28-23-39(24-29-42)46-17-10-19-49-48-18-9-16-45(53(48)58-54(46)49)38-13-5-2-6-14-38/h1-35H. The molecule has 9 aromatic carbocycles. The molecular formula is C54H35FN2S. The van der Waals surface area contributed by atoms with Gasteiger partial charge in [0.05, 0.1) is 11.0 Å². The third-order valence-corrected chi connectivity index (χ3v) is 12.6. The first-order valence-corrected chi connectivity index (χ1v) is 20.3. The number of anilines is 3. The van der Waals surface area contributed by atoms with E-state index in [-0.39, 0.29) is 5.82 Å². The molecule has 2 nitrogen and oxygen atoms in total. The Morgan fingerprint density at radius 1 is 0.362 bits per heavy atom. The lowest BCUT2D eigenvalue weighted by Gasteiger charge is -2.26. The van der Waals surface area contributed by atoms with Crippen LogP contribution in [0.25, 0.3) is 81.0 Å². The third-order valence-electron chi connectivity index (χ3n) is 11.3. The summed E-state index contributed by atoms with van der Waals surface area (Å²) in [5, 5.41) is 4.52. The van der Waals surface area contributed by atoms with Gasteiger partial charge in [0.15, 0.2) is 0 Å². The van der Waals surface area contributed by atoms with E-state index < -0.39 is 0 Å². The molecule has 0 N–H and O–H groups in total. The van der Waals surface area contributed by atoms with E-state index in [0.29, 0.717) is 0 Å². The maximum Gasteiger partial charge on any atom is 0.123 e. The highest BCUT2D eigenvalue weighted by molar-refractivity contribution is 7.26. The van der Waals surface area contributed by atoms with Gasteiger partial charge in [-0.1, -0.05) is 140 Å². The number of fused-ring (bicyclic) bond motifs is 6. The van der Waals surface area contributed by atoms with E-state index in [9.17, 15) is 4.39 Å². The molecule has 0 amide bonds. The van der Waals surface area contributed by atoms with Gasteiger partial charge in [0, 0.05) is 53.7 Å². The molecule has 0 bridgehead atoms. The molecule has 0 spiro atoms. The van der Waals surface area contributed by atoms with Gasteiger partial charge in [-0.3, -0.25) is 0 Å². The number of para-hydroxylation sites is 1. The van der Waals surface area contributed by atoms with Crippen molar-refractivity contribution in [1.82, 2.24) is 4.57 Å². The third kappa shape index (κ3) is 5.77. The van der Waals surface area contributed by atoms with E-state index in [2.05, 4.69) is 185 Å². The molecular weight excluding hydrogens is 728 g/mol. The van der Waals surface area contributed by atoms with Crippen molar-refractivity contribution < 1.29 is 4.39 Å². The molecule has 0 aliphatic rings. The molecule has 11 aromatic rings. The van der Waals surface area contributed by atoms with Crippen LogP contribution in [0.4, 0.5) is 21.5 Å². The smallest absolute Gasteiger partial charge is 0.123 e. The predicted octanol–water partition coefficient (Wildman–Crippen LogP) is 15.8. The lowest BCUT2D eigenvalue weighted by molar-refractivity contribution is 0.629. The quantitative estimate of drug-likeness (QED) is 0.157. The Labute approximate surface area is 339 Å². The lowest BCUT2D eigenvalue weighted by Crippen LogP contribution is -2.10. The molecule has 4 heteroatoms. The van der Waals surface area contributed by atoms with Crippen LogP contribution in [-0.4, -0.2) is 4.57 Å². The summed E-state index contributed by atoms with van der Waals surface area (Å²) in [6.45, 7) is 0. The zero-order valence-electron chi connectivity index (χ0n) is 31.4. The monoisotopic (exact) mass is 762 g/mol. The molecule has 0 saturated carbocycles. The first kappa shape index (κ1) is 34.0. The van der Waals surface area contributed by atoms with Crippen LogP contribution in [-0.2, 0) is 0 Å². The highest BCUT2D eigenvalue weighted by atomic mass is 32.1. The molecule has 274 valence electrons. The van der Waals surface area contributed by atoms with Crippen molar-refractivity contribution in [3.8, 4) is 39.1 Å². The molecule has 2 aromatic heterocycles. The van der Waals surface area contributed by atoms with Crippen molar-refractivity contribution in [2.75, 3.05) is 4.90 Å². The molecule has 0 atom stereocenters. The summed E-state index contributed by atoms with van der Waals surface area (Å²) < 4.78 is 19.3. The van der Waals surface area contributed by atoms with Crippen LogP contribution in [0.2, 0.25) is 0 Å². The summed E-state index contributed by atoms with van der Waals surface area (Å²) in [6, 6.07) is 74.3. The summed E-state index contributed by atoms with van der Waals surface area (Å²) in [7, 11) is 0. The Balaban J connectivity index is 1.01. The molecule has 0 aliphatic heterocycles. The van der Waals surface area contributed by atoms with Crippen molar-refractivity contribution in [2.45, 2.75) is 0 Å². The number of aromatic nitrogens is 1. The minimum absolute atomic E-state index is 0.233. The Bertz CT molecular complexity index is 3260. The van der Waals surface area contributed by atoms with Gasteiger partial charge in [-0.2, -0.15) is 0 Å². The van der Waals surface area contributed by atoms with E-state index in [1.165, 1.54) is 53.6 Å². The van der Waals surface area contributed by atoms with Crippen LogP contribution < -0.4 is 4.90 Å². The number of rotatable bonds is 7. The maximum atomic E-state index is 14.5. The van der Waals surface area contributed by atoms with Gasteiger partial charge in [-0.05, 0) is 106 Å². The topological polar surface area (TPSA) is 8.17 Å². The van der Waals surface area contributed by atoms with Crippen molar-refractivity contribution in [1.29, 1.82) is 0 Å². The average molecular weight is 763 g/mol. The summed E-state index contributed by atoms with van der Waals surface area (Å²) in [4.78, 5) is 2.32. The highest BCUT2D eigenvalue weighted by Crippen LogP contribution is 2.45. The Morgan fingerprint density at radius 2 is 0.828 bits per heavy atom. The first-order chi connectivity index (χ1) is 28.7. The Morgan fingerprint density at radius 3 is 1.45 bits per heavy atom. The van der Waals surface area contributed by atoms with E-state index in [4.69, 9.17) is 0 Å². The maximum absolute atomic E-state index is 14.5. The van der Waals surface area contributed by atoms with Gasteiger partial charge >= 0.3 is 0 Å². The molecule has 0 unspecified atom stereocenters. The Hall–Kier alpha value is -7.27.